The molecular weight excluding hydrogens is 210 g/mol. The second kappa shape index (κ2) is 3.64. The molecule has 0 aliphatic heterocycles. The van der Waals surface area contributed by atoms with E-state index in [0.717, 1.165) is 27.0 Å². The predicted octanol–water partition coefficient (Wildman–Crippen LogP) is 3.62. The fraction of sp³-hybridized carbons (Fsp3) is 0.182. The van der Waals surface area contributed by atoms with Crippen molar-refractivity contribution in [2.24, 2.45) is 0 Å². The molecule has 0 spiro atoms. The summed E-state index contributed by atoms with van der Waals surface area (Å²) in [6.45, 7) is 2.12. The average Bonchev–Trinajstić information content (AvgIpc) is 2.59. The van der Waals surface area contributed by atoms with Crippen molar-refractivity contribution in [3.05, 3.63) is 28.6 Å². The Hall–Kier alpha value is -0.980. The molecule has 70 valence electrons. The van der Waals surface area contributed by atoms with E-state index in [2.05, 4.69) is 31.7 Å². The first-order valence-corrected chi connectivity index (χ1v) is 5.66. The van der Waals surface area contributed by atoms with Crippen molar-refractivity contribution in [1.29, 1.82) is 5.26 Å². The van der Waals surface area contributed by atoms with Crippen LogP contribution < -0.4 is 0 Å². The summed E-state index contributed by atoms with van der Waals surface area (Å²) in [5.74, 6) is 0. The van der Waals surface area contributed by atoms with Crippen molar-refractivity contribution in [3.63, 3.8) is 0 Å². The van der Waals surface area contributed by atoms with Crippen LogP contribution in [0, 0.1) is 11.3 Å². The van der Waals surface area contributed by atoms with Gasteiger partial charge in [-0.3, -0.25) is 0 Å². The van der Waals surface area contributed by atoms with Crippen molar-refractivity contribution >= 4 is 34.1 Å². The molecular formula is C11H9NS2. The molecule has 0 aliphatic rings. The van der Waals surface area contributed by atoms with Crippen LogP contribution in [0.1, 0.15) is 17.4 Å². The first-order chi connectivity index (χ1) is 6.74. The van der Waals surface area contributed by atoms with Crippen molar-refractivity contribution < 1.29 is 0 Å². The monoisotopic (exact) mass is 219 g/mol. The summed E-state index contributed by atoms with van der Waals surface area (Å²) in [6.07, 6.45) is 1.02. The molecule has 1 heterocycles. The van der Waals surface area contributed by atoms with E-state index in [1.807, 2.05) is 12.1 Å². The fourth-order valence-electron chi connectivity index (χ4n) is 1.44. The zero-order valence-electron chi connectivity index (χ0n) is 7.74. The number of fused-ring (bicyclic) bond motifs is 1. The molecule has 0 atom stereocenters. The minimum absolute atomic E-state index is 0.725. The van der Waals surface area contributed by atoms with E-state index in [9.17, 15) is 0 Å². The number of aryl methyl sites for hydroxylation is 1. The molecule has 2 aromatic rings. The van der Waals surface area contributed by atoms with E-state index >= 15 is 0 Å². The Morgan fingerprint density at radius 3 is 2.86 bits per heavy atom. The summed E-state index contributed by atoms with van der Waals surface area (Å²) in [7, 11) is 0. The molecule has 14 heavy (non-hydrogen) atoms. The maximum atomic E-state index is 8.96. The Bertz CT molecular complexity index is 520. The van der Waals surface area contributed by atoms with E-state index in [4.69, 9.17) is 5.26 Å². The van der Waals surface area contributed by atoms with E-state index < -0.39 is 0 Å². The molecule has 0 unspecified atom stereocenters. The first kappa shape index (κ1) is 9.57. The smallest absolute Gasteiger partial charge is 0.0998 e. The summed E-state index contributed by atoms with van der Waals surface area (Å²) in [4.78, 5) is 2.17. The van der Waals surface area contributed by atoms with Crippen LogP contribution >= 0.6 is 24.0 Å². The van der Waals surface area contributed by atoms with Gasteiger partial charge in [0.1, 0.15) is 0 Å². The summed E-state index contributed by atoms with van der Waals surface area (Å²) in [5, 5.41) is 10.0. The van der Waals surface area contributed by atoms with Crippen LogP contribution in [0.2, 0.25) is 0 Å². The zero-order valence-corrected chi connectivity index (χ0v) is 9.45. The minimum atomic E-state index is 0.725. The molecule has 0 aliphatic carbocycles. The molecule has 1 aromatic heterocycles. The topological polar surface area (TPSA) is 23.8 Å². The van der Waals surface area contributed by atoms with Crippen molar-refractivity contribution in [3.8, 4) is 6.07 Å². The molecule has 0 amide bonds. The van der Waals surface area contributed by atoms with Crippen molar-refractivity contribution in [1.82, 2.24) is 0 Å². The Morgan fingerprint density at radius 1 is 1.43 bits per heavy atom. The number of thiophene rings is 1. The number of nitrogens with zero attached hydrogens (tertiary/aromatic N) is 1. The van der Waals surface area contributed by atoms with Crippen LogP contribution in [0.25, 0.3) is 10.1 Å². The fourth-order valence-corrected chi connectivity index (χ4v) is 2.86. The lowest BCUT2D eigenvalue weighted by molar-refractivity contribution is 1.19. The lowest BCUT2D eigenvalue weighted by atomic mass is 10.1. The van der Waals surface area contributed by atoms with E-state index in [1.54, 1.807) is 11.3 Å². The van der Waals surface area contributed by atoms with E-state index in [0.29, 0.717) is 0 Å². The van der Waals surface area contributed by atoms with Gasteiger partial charge >= 0.3 is 0 Å². The maximum absolute atomic E-state index is 8.96. The number of hydrogen-bond donors (Lipinski definition) is 1. The molecule has 0 radical (unpaired) electrons. The van der Waals surface area contributed by atoms with Gasteiger partial charge in [0.2, 0.25) is 0 Å². The van der Waals surface area contributed by atoms with Crippen LogP contribution in [0.15, 0.2) is 23.1 Å². The summed E-state index contributed by atoms with van der Waals surface area (Å²) < 4.78 is 1.16. The zero-order chi connectivity index (χ0) is 10.1. The second-order valence-electron chi connectivity index (χ2n) is 3.08. The van der Waals surface area contributed by atoms with Crippen LogP contribution in [-0.2, 0) is 6.42 Å². The molecule has 0 saturated carbocycles. The number of thiol groups is 1. The predicted molar refractivity (Wildman–Crippen MR) is 63.2 cm³/mol. The van der Waals surface area contributed by atoms with Gasteiger partial charge in [-0.25, -0.2) is 0 Å². The molecule has 0 fully saturated rings. The Morgan fingerprint density at radius 2 is 2.21 bits per heavy atom. The summed E-state index contributed by atoms with van der Waals surface area (Å²) >= 11 is 6.02. The van der Waals surface area contributed by atoms with Gasteiger partial charge in [0.05, 0.1) is 11.6 Å². The number of nitriles is 1. The average molecular weight is 219 g/mol. The van der Waals surface area contributed by atoms with Gasteiger partial charge in [0.25, 0.3) is 0 Å². The van der Waals surface area contributed by atoms with Crippen molar-refractivity contribution in [2.75, 3.05) is 0 Å². The van der Waals surface area contributed by atoms with Gasteiger partial charge in [-0.15, -0.1) is 24.0 Å². The molecule has 0 N–H and O–H groups in total. The SMILES string of the molecule is CCc1cc2c(C#N)cc(S)cc2s1. The normalized spacial score (nSPS) is 10.4. The highest BCUT2D eigenvalue weighted by atomic mass is 32.1. The molecule has 0 saturated heterocycles. The third-order valence-corrected chi connectivity index (χ3v) is 3.63. The van der Waals surface area contributed by atoms with Crippen LogP contribution in [0.5, 0.6) is 0 Å². The third kappa shape index (κ3) is 1.52. The summed E-state index contributed by atoms with van der Waals surface area (Å²) in [5.41, 5.74) is 0.725. The lowest BCUT2D eigenvalue weighted by Crippen LogP contribution is -1.75. The first-order valence-electron chi connectivity index (χ1n) is 4.40. The third-order valence-electron chi connectivity index (χ3n) is 2.14. The molecule has 0 bridgehead atoms. The van der Waals surface area contributed by atoms with Crippen LogP contribution in [0.4, 0.5) is 0 Å². The van der Waals surface area contributed by atoms with E-state index in [-0.39, 0.29) is 0 Å². The molecule has 1 nitrogen and oxygen atoms in total. The number of rotatable bonds is 1. The number of hydrogen-bond acceptors (Lipinski definition) is 3. The Labute approximate surface area is 92.4 Å². The molecule has 3 heteroatoms. The van der Waals surface area contributed by atoms with Gasteiger partial charge in [0.15, 0.2) is 0 Å². The second-order valence-corrected chi connectivity index (χ2v) is 4.77. The Balaban J connectivity index is 2.79. The molecule has 1 aromatic carbocycles. The maximum Gasteiger partial charge on any atom is 0.0998 e. The Kier molecular flexibility index (Phi) is 2.49. The van der Waals surface area contributed by atoms with Gasteiger partial charge in [-0.2, -0.15) is 5.26 Å². The van der Waals surface area contributed by atoms with Gasteiger partial charge < -0.3 is 0 Å². The van der Waals surface area contributed by atoms with E-state index in [1.165, 1.54) is 4.88 Å². The minimum Gasteiger partial charge on any atom is -0.192 e. The van der Waals surface area contributed by atoms with Crippen LogP contribution in [-0.4, -0.2) is 0 Å². The van der Waals surface area contributed by atoms with Gasteiger partial charge in [0, 0.05) is 19.9 Å². The molecule has 2 rings (SSSR count). The highest BCUT2D eigenvalue weighted by Gasteiger charge is 2.06. The highest BCUT2D eigenvalue weighted by Crippen LogP contribution is 2.30. The quantitative estimate of drug-likeness (QED) is 0.728. The number of benzene rings is 1. The standard InChI is InChI=1S/C11H9NS2/c1-2-9-5-10-7(6-12)3-8(13)4-11(10)14-9/h3-5,13H,2H2,1H3. The van der Waals surface area contributed by atoms with Crippen LogP contribution in [0.3, 0.4) is 0 Å². The van der Waals surface area contributed by atoms with Gasteiger partial charge in [-0.05, 0) is 24.6 Å². The van der Waals surface area contributed by atoms with Gasteiger partial charge in [-0.1, -0.05) is 6.92 Å². The lowest BCUT2D eigenvalue weighted by Gasteiger charge is -1.94. The highest BCUT2D eigenvalue weighted by molar-refractivity contribution is 7.80. The van der Waals surface area contributed by atoms with Crippen molar-refractivity contribution in [2.45, 2.75) is 18.2 Å². The largest absolute Gasteiger partial charge is 0.192 e. The summed E-state index contributed by atoms with van der Waals surface area (Å²) in [6, 6.07) is 8.14.